The van der Waals surface area contributed by atoms with E-state index in [-0.39, 0.29) is 0 Å². The molecule has 0 radical (unpaired) electrons. The average Bonchev–Trinajstić information content (AvgIpc) is 3.15. The first kappa shape index (κ1) is 26.3. The summed E-state index contributed by atoms with van der Waals surface area (Å²) in [5, 5.41) is 0. The summed E-state index contributed by atoms with van der Waals surface area (Å²) < 4.78 is 5.01. The van der Waals surface area contributed by atoms with E-state index < -0.39 is 0 Å². The molecule has 0 N–H and O–H groups in total. The van der Waals surface area contributed by atoms with Gasteiger partial charge in [-0.05, 0) is 29.9 Å². The zero-order valence-electron chi connectivity index (χ0n) is 22.0. The molecule has 0 fully saturated rings. The first-order valence-corrected chi connectivity index (χ1v) is 13.8. The Hall–Kier alpha value is -2.35. The Labute approximate surface area is 209 Å². The predicted octanol–water partition coefficient (Wildman–Crippen LogP) is 8.17. The molecule has 0 saturated carbocycles. The van der Waals surface area contributed by atoms with Gasteiger partial charge in [0, 0.05) is 6.42 Å². The van der Waals surface area contributed by atoms with Gasteiger partial charge in [-0.1, -0.05) is 126 Å². The van der Waals surface area contributed by atoms with Gasteiger partial charge in [0.05, 0.1) is 20.0 Å². The number of nitrogens with zero attached hydrogens (tertiary/aromatic N) is 2. The summed E-state index contributed by atoms with van der Waals surface area (Å²) in [5.74, 6) is 1.95. The van der Waals surface area contributed by atoms with E-state index in [0.29, 0.717) is 5.92 Å². The van der Waals surface area contributed by atoms with Crippen LogP contribution in [0.25, 0.3) is 0 Å². The van der Waals surface area contributed by atoms with Crippen molar-refractivity contribution in [3.63, 3.8) is 0 Å². The van der Waals surface area contributed by atoms with Crippen LogP contribution in [0.3, 0.4) is 0 Å². The Morgan fingerprint density at radius 1 is 0.735 bits per heavy atom. The van der Waals surface area contributed by atoms with Crippen LogP contribution in [-0.2, 0) is 26.4 Å². The zero-order chi connectivity index (χ0) is 24.0. The standard InChI is InChI=1S/C32H47N2/c1-4-5-6-7-8-9-10-11-12-19-24-34-31(25-28(2)30-22-17-14-18-23-30)27-33(3)32(34)26-29-20-15-13-16-21-29/h13-18,20-23,27-28H,4-12,19,24-26H2,1-3H3/q+1. The Kier molecular flexibility index (Phi) is 11.4. The molecule has 0 saturated heterocycles. The van der Waals surface area contributed by atoms with Gasteiger partial charge in [-0.2, -0.15) is 0 Å². The smallest absolute Gasteiger partial charge is 0.236 e. The van der Waals surface area contributed by atoms with Gasteiger partial charge < -0.3 is 0 Å². The third-order valence-electron chi connectivity index (χ3n) is 7.23. The minimum absolute atomic E-state index is 0.520. The van der Waals surface area contributed by atoms with Gasteiger partial charge in [0.2, 0.25) is 0 Å². The van der Waals surface area contributed by atoms with E-state index >= 15 is 0 Å². The molecule has 0 aliphatic rings. The molecule has 34 heavy (non-hydrogen) atoms. The number of hydrogen-bond acceptors (Lipinski definition) is 0. The predicted molar refractivity (Wildman–Crippen MR) is 145 cm³/mol. The van der Waals surface area contributed by atoms with Crippen molar-refractivity contribution in [3.05, 3.63) is 89.5 Å². The van der Waals surface area contributed by atoms with Crippen molar-refractivity contribution in [1.29, 1.82) is 0 Å². The molecule has 0 aliphatic carbocycles. The first-order valence-electron chi connectivity index (χ1n) is 13.8. The molecule has 1 unspecified atom stereocenters. The number of hydrogen-bond donors (Lipinski definition) is 0. The second-order valence-corrected chi connectivity index (χ2v) is 10.2. The van der Waals surface area contributed by atoms with Gasteiger partial charge in [0.25, 0.3) is 5.82 Å². The molecular formula is C32H47N2+. The second kappa shape index (κ2) is 14.8. The fraction of sp³-hybridized carbons (Fsp3) is 0.531. The van der Waals surface area contributed by atoms with Gasteiger partial charge in [0.1, 0.15) is 11.9 Å². The van der Waals surface area contributed by atoms with Crippen LogP contribution in [0.5, 0.6) is 0 Å². The van der Waals surface area contributed by atoms with E-state index in [0.717, 1.165) is 19.4 Å². The third kappa shape index (κ3) is 8.46. The van der Waals surface area contributed by atoms with E-state index in [1.165, 1.54) is 86.9 Å². The van der Waals surface area contributed by atoms with Gasteiger partial charge in [0.15, 0.2) is 0 Å². The van der Waals surface area contributed by atoms with Crippen LogP contribution in [0.1, 0.15) is 107 Å². The van der Waals surface area contributed by atoms with Gasteiger partial charge in [-0.15, -0.1) is 0 Å². The van der Waals surface area contributed by atoms with Crippen molar-refractivity contribution in [3.8, 4) is 0 Å². The maximum absolute atomic E-state index is 2.64. The van der Waals surface area contributed by atoms with E-state index in [2.05, 4.69) is 96.9 Å². The van der Waals surface area contributed by atoms with E-state index in [1.54, 1.807) is 0 Å². The number of unbranched alkanes of at least 4 members (excludes halogenated alkanes) is 9. The van der Waals surface area contributed by atoms with Crippen LogP contribution in [-0.4, -0.2) is 4.57 Å². The highest BCUT2D eigenvalue weighted by Gasteiger charge is 2.23. The number of rotatable bonds is 16. The topological polar surface area (TPSA) is 8.81 Å². The van der Waals surface area contributed by atoms with Crippen LogP contribution < -0.4 is 4.57 Å². The van der Waals surface area contributed by atoms with E-state index in [4.69, 9.17) is 0 Å². The molecule has 0 aliphatic heterocycles. The minimum Gasteiger partial charge on any atom is -0.236 e. The molecule has 2 heteroatoms. The summed E-state index contributed by atoms with van der Waals surface area (Å²) >= 11 is 0. The summed E-state index contributed by atoms with van der Waals surface area (Å²) in [6.45, 7) is 5.80. The van der Waals surface area contributed by atoms with E-state index in [1.807, 2.05) is 0 Å². The monoisotopic (exact) mass is 459 g/mol. The van der Waals surface area contributed by atoms with Gasteiger partial charge in [-0.3, -0.25) is 0 Å². The fourth-order valence-electron chi connectivity index (χ4n) is 5.13. The van der Waals surface area contributed by atoms with Crippen molar-refractivity contribution in [1.82, 2.24) is 4.57 Å². The van der Waals surface area contributed by atoms with Crippen molar-refractivity contribution >= 4 is 0 Å². The van der Waals surface area contributed by atoms with Crippen LogP contribution >= 0.6 is 0 Å². The van der Waals surface area contributed by atoms with Crippen LogP contribution in [0, 0.1) is 0 Å². The lowest BCUT2D eigenvalue weighted by Crippen LogP contribution is -2.32. The largest absolute Gasteiger partial charge is 0.260 e. The molecule has 3 aromatic rings. The lowest BCUT2D eigenvalue weighted by Gasteiger charge is -2.12. The third-order valence-corrected chi connectivity index (χ3v) is 7.23. The maximum atomic E-state index is 2.64. The van der Waals surface area contributed by atoms with E-state index in [9.17, 15) is 0 Å². The molecule has 0 bridgehead atoms. The Morgan fingerprint density at radius 2 is 1.29 bits per heavy atom. The van der Waals surface area contributed by atoms with Crippen molar-refractivity contribution in [2.45, 2.75) is 103 Å². The fourth-order valence-corrected chi connectivity index (χ4v) is 5.13. The molecular weight excluding hydrogens is 412 g/mol. The normalized spacial score (nSPS) is 12.2. The molecule has 2 nitrogen and oxygen atoms in total. The SMILES string of the molecule is CCCCCCCCCCCCn1c(CC(C)c2ccccc2)c[n+](C)c1Cc1ccccc1. The van der Waals surface area contributed by atoms with Crippen molar-refractivity contribution in [2.75, 3.05) is 0 Å². The highest BCUT2D eigenvalue weighted by Crippen LogP contribution is 2.22. The lowest BCUT2D eigenvalue weighted by molar-refractivity contribution is -0.678. The van der Waals surface area contributed by atoms with Crippen LogP contribution in [0.15, 0.2) is 66.9 Å². The Morgan fingerprint density at radius 3 is 1.91 bits per heavy atom. The number of aryl methyl sites for hydroxylation is 1. The van der Waals surface area contributed by atoms with Gasteiger partial charge in [-0.25, -0.2) is 9.13 Å². The second-order valence-electron chi connectivity index (χ2n) is 10.2. The lowest BCUT2D eigenvalue weighted by atomic mass is 9.96. The van der Waals surface area contributed by atoms with Gasteiger partial charge >= 0.3 is 0 Å². The molecule has 3 rings (SSSR count). The summed E-state index contributed by atoms with van der Waals surface area (Å²) in [4.78, 5) is 0. The van der Waals surface area contributed by atoms with Crippen LogP contribution in [0.2, 0.25) is 0 Å². The average molecular weight is 460 g/mol. The summed E-state index contributed by atoms with van der Waals surface area (Å²) in [6, 6.07) is 21.9. The number of imidazole rings is 1. The first-order chi connectivity index (χ1) is 16.7. The minimum atomic E-state index is 0.520. The molecule has 184 valence electrons. The Bertz CT molecular complexity index is 926. The maximum Gasteiger partial charge on any atom is 0.260 e. The van der Waals surface area contributed by atoms with Crippen LogP contribution in [0.4, 0.5) is 0 Å². The highest BCUT2D eigenvalue weighted by molar-refractivity contribution is 5.22. The molecule has 1 atom stereocenters. The zero-order valence-corrected chi connectivity index (χ0v) is 22.0. The molecule has 1 heterocycles. The van der Waals surface area contributed by atoms with Crippen molar-refractivity contribution < 1.29 is 4.57 Å². The number of benzene rings is 2. The quantitative estimate of drug-likeness (QED) is 0.151. The molecule has 2 aromatic carbocycles. The molecule has 1 aromatic heterocycles. The Balaban J connectivity index is 1.60. The summed E-state index contributed by atoms with van der Waals surface area (Å²) in [5.41, 5.74) is 4.30. The summed E-state index contributed by atoms with van der Waals surface area (Å²) in [7, 11) is 2.23. The van der Waals surface area contributed by atoms with Crippen molar-refractivity contribution in [2.24, 2.45) is 7.05 Å². The summed E-state index contributed by atoms with van der Waals surface area (Å²) in [6.07, 6.45) is 18.3. The molecule has 0 spiro atoms. The molecule has 0 amide bonds. The highest BCUT2D eigenvalue weighted by atomic mass is 15.1. The number of aromatic nitrogens is 2.